The number of hydrogen-bond donors (Lipinski definition) is 0. The summed E-state index contributed by atoms with van der Waals surface area (Å²) in [6, 6.07) is 0. The van der Waals surface area contributed by atoms with Crippen molar-refractivity contribution in [1.29, 1.82) is 0 Å². The molecular weight excluding hydrogens is 136 g/mol. The molecule has 0 heterocycles. The summed E-state index contributed by atoms with van der Waals surface area (Å²) in [5.41, 5.74) is 0. The Labute approximate surface area is 60.0 Å². The first-order valence-electron chi connectivity index (χ1n) is 3.21. The van der Waals surface area contributed by atoms with Crippen molar-refractivity contribution in [3.05, 3.63) is 0 Å². The van der Waals surface area contributed by atoms with Crippen molar-refractivity contribution in [2.75, 3.05) is 19.8 Å². The molecule has 0 aromatic heterocycles. The van der Waals surface area contributed by atoms with E-state index >= 15 is 0 Å². The van der Waals surface area contributed by atoms with Crippen LogP contribution in [0.5, 0.6) is 0 Å². The van der Waals surface area contributed by atoms with Gasteiger partial charge >= 0.3 is 5.97 Å². The van der Waals surface area contributed by atoms with E-state index in [0.717, 1.165) is 0 Å². The van der Waals surface area contributed by atoms with E-state index in [1.807, 2.05) is 0 Å². The Morgan fingerprint density at radius 3 is 2.50 bits per heavy atom. The zero-order valence-corrected chi connectivity index (χ0v) is 6.25. The average Bonchev–Trinajstić information content (AvgIpc) is 1.97. The van der Waals surface area contributed by atoms with Crippen molar-refractivity contribution in [2.24, 2.45) is 0 Å². The maximum Gasteiger partial charge on any atom is 0.367 e. The number of carbonyl (C=O) groups is 1. The van der Waals surface area contributed by atoms with E-state index in [4.69, 9.17) is 4.74 Å². The highest BCUT2D eigenvalue weighted by molar-refractivity contribution is 5.69. The first-order chi connectivity index (χ1) is 4.81. The topological polar surface area (TPSA) is 44.8 Å². The molecule has 0 saturated carbocycles. The van der Waals surface area contributed by atoms with E-state index < -0.39 is 5.97 Å². The molecule has 0 bridgehead atoms. The van der Waals surface area contributed by atoms with E-state index in [-0.39, 0.29) is 6.61 Å². The van der Waals surface area contributed by atoms with Crippen LogP contribution in [0, 0.1) is 0 Å². The Balaban J connectivity index is 3.09. The van der Waals surface area contributed by atoms with Crippen LogP contribution in [-0.2, 0) is 19.3 Å². The maximum absolute atomic E-state index is 10.5. The molecule has 0 saturated heterocycles. The summed E-state index contributed by atoms with van der Waals surface area (Å²) in [7, 11) is 0. The van der Waals surface area contributed by atoms with E-state index in [2.05, 4.69) is 9.78 Å². The SMILES string of the molecule is CCOCC(=O)OOCC. The highest BCUT2D eigenvalue weighted by Gasteiger charge is 2.00. The molecule has 10 heavy (non-hydrogen) atoms. The summed E-state index contributed by atoms with van der Waals surface area (Å²) in [6.07, 6.45) is 0. The second-order valence-corrected chi connectivity index (χ2v) is 1.50. The fraction of sp³-hybridized carbons (Fsp3) is 0.833. The Morgan fingerprint density at radius 2 is 2.00 bits per heavy atom. The molecule has 0 aliphatic rings. The number of rotatable bonds is 5. The van der Waals surface area contributed by atoms with Crippen LogP contribution in [-0.4, -0.2) is 25.8 Å². The molecule has 0 unspecified atom stereocenters. The van der Waals surface area contributed by atoms with Crippen LogP contribution in [0.3, 0.4) is 0 Å². The van der Waals surface area contributed by atoms with Crippen molar-refractivity contribution in [3.63, 3.8) is 0 Å². The molecule has 4 heteroatoms. The minimum absolute atomic E-state index is 0.0451. The van der Waals surface area contributed by atoms with Crippen LogP contribution in [0.25, 0.3) is 0 Å². The third-order valence-corrected chi connectivity index (χ3v) is 0.694. The van der Waals surface area contributed by atoms with Gasteiger partial charge in [-0.05, 0) is 13.8 Å². The molecule has 60 valence electrons. The summed E-state index contributed by atoms with van der Waals surface area (Å²) in [6.45, 7) is 4.34. The van der Waals surface area contributed by atoms with E-state index in [1.54, 1.807) is 13.8 Å². The minimum atomic E-state index is -0.497. The molecule has 0 N–H and O–H groups in total. The highest BCUT2D eigenvalue weighted by Crippen LogP contribution is 1.82. The maximum atomic E-state index is 10.5. The number of hydrogen-bond acceptors (Lipinski definition) is 4. The van der Waals surface area contributed by atoms with E-state index in [9.17, 15) is 4.79 Å². The van der Waals surface area contributed by atoms with Gasteiger partial charge in [0.1, 0.15) is 6.61 Å². The van der Waals surface area contributed by atoms with Crippen LogP contribution < -0.4 is 0 Å². The van der Waals surface area contributed by atoms with Gasteiger partial charge in [0.15, 0.2) is 0 Å². The summed E-state index contributed by atoms with van der Waals surface area (Å²) in [4.78, 5) is 19.1. The largest absolute Gasteiger partial charge is 0.370 e. The number of ether oxygens (including phenoxy) is 1. The third kappa shape index (κ3) is 5.53. The Bertz CT molecular complexity index is 81.7. The lowest BCUT2D eigenvalue weighted by Crippen LogP contribution is -2.12. The third-order valence-electron chi connectivity index (χ3n) is 0.694. The molecule has 0 rings (SSSR count). The molecular formula is C6H12O4. The van der Waals surface area contributed by atoms with Gasteiger partial charge in [0.25, 0.3) is 0 Å². The monoisotopic (exact) mass is 148 g/mol. The molecule has 0 fully saturated rings. The normalized spacial score (nSPS) is 9.40. The molecule has 0 radical (unpaired) electrons. The lowest BCUT2D eigenvalue weighted by Gasteiger charge is -1.99. The molecule has 4 nitrogen and oxygen atoms in total. The molecule has 0 aliphatic carbocycles. The minimum Gasteiger partial charge on any atom is -0.370 e. The van der Waals surface area contributed by atoms with Crippen LogP contribution in [0.15, 0.2) is 0 Å². The molecule has 0 aliphatic heterocycles. The van der Waals surface area contributed by atoms with Crippen molar-refractivity contribution in [3.8, 4) is 0 Å². The molecule has 0 aromatic carbocycles. The summed E-state index contributed by atoms with van der Waals surface area (Å²) >= 11 is 0. The summed E-state index contributed by atoms with van der Waals surface area (Å²) < 4.78 is 4.74. The highest BCUT2D eigenvalue weighted by atomic mass is 17.2. The predicted molar refractivity (Wildman–Crippen MR) is 34.2 cm³/mol. The zero-order valence-electron chi connectivity index (χ0n) is 6.25. The standard InChI is InChI=1S/C6H12O4/c1-3-8-5-6(7)10-9-4-2/h3-5H2,1-2H3. The molecule has 0 amide bonds. The van der Waals surface area contributed by atoms with Gasteiger partial charge in [-0.25, -0.2) is 4.79 Å². The quantitative estimate of drug-likeness (QED) is 0.421. The van der Waals surface area contributed by atoms with Crippen molar-refractivity contribution in [2.45, 2.75) is 13.8 Å². The smallest absolute Gasteiger partial charge is 0.367 e. The Hall–Kier alpha value is -0.610. The molecule has 0 spiro atoms. The first kappa shape index (κ1) is 9.39. The zero-order chi connectivity index (χ0) is 7.82. The second-order valence-electron chi connectivity index (χ2n) is 1.50. The summed E-state index contributed by atoms with van der Waals surface area (Å²) in [5, 5.41) is 0. The van der Waals surface area contributed by atoms with Gasteiger partial charge in [-0.3, -0.25) is 4.89 Å². The van der Waals surface area contributed by atoms with Crippen LogP contribution >= 0.6 is 0 Å². The van der Waals surface area contributed by atoms with E-state index in [1.165, 1.54) is 0 Å². The second kappa shape index (κ2) is 6.51. The number of carbonyl (C=O) groups excluding carboxylic acids is 1. The average molecular weight is 148 g/mol. The van der Waals surface area contributed by atoms with E-state index in [0.29, 0.717) is 13.2 Å². The van der Waals surface area contributed by atoms with Gasteiger partial charge in [0, 0.05) is 6.61 Å². The Morgan fingerprint density at radius 1 is 1.30 bits per heavy atom. The predicted octanol–water partition coefficient (Wildman–Crippen LogP) is 0.518. The van der Waals surface area contributed by atoms with Crippen molar-refractivity contribution < 1.29 is 19.3 Å². The molecule has 0 atom stereocenters. The van der Waals surface area contributed by atoms with Gasteiger partial charge in [-0.1, -0.05) is 0 Å². The van der Waals surface area contributed by atoms with Crippen LogP contribution in [0.2, 0.25) is 0 Å². The fourth-order valence-corrected chi connectivity index (χ4v) is 0.334. The molecule has 0 aromatic rings. The van der Waals surface area contributed by atoms with Crippen LogP contribution in [0.4, 0.5) is 0 Å². The van der Waals surface area contributed by atoms with Gasteiger partial charge in [0.2, 0.25) is 0 Å². The van der Waals surface area contributed by atoms with Gasteiger partial charge in [-0.2, -0.15) is 4.89 Å². The van der Waals surface area contributed by atoms with Crippen molar-refractivity contribution in [1.82, 2.24) is 0 Å². The van der Waals surface area contributed by atoms with Gasteiger partial charge < -0.3 is 4.74 Å². The Kier molecular flexibility index (Phi) is 6.11. The summed E-state index contributed by atoms with van der Waals surface area (Å²) in [5.74, 6) is -0.497. The van der Waals surface area contributed by atoms with Gasteiger partial charge in [-0.15, -0.1) is 0 Å². The lowest BCUT2D eigenvalue weighted by molar-refractivity contribution is -0.272. The van der Waals surface area contributed by atoms with Crippen LogP contribution in [0.1, 0.15) is 13.8 Å². The fourth-order valence-electron chi connectivity index (χ4n) is 0.334. The first-order valence-corrected chi connectivity index (χ1v) is 3.21. The van der Waals surface area contributed by atoms with Crippen molar-refractivity contribution >= 4 is 5.97 Å². The van der Waals surface area contributed by atoms with Gasteiger partial charge in [0.05, 0.1) is 6.61 Å². The lowest BCUT2D eigenvalue weighted by atomic mass is 10.7.